The van der Waals surface area contributed by atoms with Crippen LogP contribution in [-0.4, -0.2) is 82.7 Å². The fourth-order valence-electron chi connectivity index (χ4n) is 5.86. The number of aromatic hydroxyl groups is 1. The molecular weight excluding hydrogens is 446 g/mol. The lowest BCUT2D eigenvalue weighted by Crippen LogP contribution is -2.58. The Balaban J connectivity index is 1.44. The lowest BCUT2D eigenvalue weighted by atomic mass is 9.82. The number of hydrogen-bond donors (Lipinski definition) is 2. The molecule has 6 rings (SSSR count). The summed E-state index contributed by atoms with van der Waals surface area (Å²) in [5.41, 5.74) is 4.27. The van der Waals surface area contributed by atoms with Crippen molar-refractivity contribution in [3.8, 4) is 17.0 Å². The summed E-state index contributed by atoms with van der Waals surface area (Å²) >= 11 is 0. The molecule has 35 heavy (non-hydrogen) atoms. The van der Waals surface area contributed by atoms with E-state index < -0.39 is 0 Å². The minimum atomic E-state index is -0.0232. The van der Waals surface area contributed by atoms with Crippen LogP contribution in [0.5, 0.6) is 5.75 Å². The van der Waals surface area contributed by atoms with Crippen LogP contribution in [0.25, 0.3) is 22.3 Å². The van der Waals surface area contributed by atoms with Gasteiger partial charge in [-0.2, -0.15) is 0 Å². The first-order valence-electron chi connectivity index (χ1n) is 12.2. The molecule has 2 aromatic heterocycles. The number of carbonyl (C=O) groups is 1. The number of morpholine rings is 2. The van der Waals surface area contributed by atoms with E-state index >= 15 is 0 Å². The van der Waals surface area contributed by atoms with Crippen molar-refractivity contribution >= 4 is 22.6 Å². The molecule has 0 aliphatic carbocycles. The Labute approximate surface area is 203 Å². The van der Waals surface area contributed by atoms with Crippen LogP contribution >= 0.6 is 0 Å². The Kier molecular flexibility index (Phi) is 5.66. The number of amides is 1. The Morgan fingerprint density at radius 2 is 1.86 bits per heavy atom. The maximum Gasteiger partial charge on any atom is 0.246 e. The monoisotopic (exact) mass is 475 g/mol. The van der Waals surface area contributed by atoms with Crippen LogP contribution in [0.1, 0.15) is 24.5 Å². The number of anilines is 1. The number of para-hydroxylation sites is 1. The molecule has 9 nitrogen and oxygen atoms in total. The second-order valence-electron chi connectivity index (χ2n) is 9.46. The zero-order valence-electron chi connectivity index (χ0n) is 19.5. The largest absolute Gasteiger partial charge is 0.507 e. The average Bonchev–Trinajstić information content (AvgIpc) is 3.27. The molecule has 3 atom stereocenters. The van der Waals surface area contributed by atoms with E-state index in [1.165, 1.54) is 6.08 Å². The van der Waals surface area contributed by atoms with Gasteiger partial charge in [-0.05, 0) is 37.1 Å². The number of hydrogen-bond acceptors (Lipinski definition) is 7. The van der Waals surface area contributed by atoms with Crippen LogP contribution in [0, 0.1) is 0 Å². The maximum atomic E-state index is 12.6. The third kappa shape index (κ3) is 3.84. The number of phenols is 1. The number of aromatic amines is 1. The van der Waals surface area contributed by atoms with Crippen LogP contribution in [-0.2, 0) is 14.3 Å². The van der Waals surface area contributed by atoms with Gasteiger partial charge in [0.1, 0.15) is 5.75 Å². The van der Waals surface area contributed by atoms with Gasteiger partial charge in [-0.3, -0.25) is 4.79 Å². The quantitative estimate of drug-likeness (QED) is 0.559. The van der Waals surface area contributed by atoms with Crippen molar-refractivity contribution in [2.24, 2.45) is 0 Å². The fraction of sp³-hybridized carbons (Fsp3) is 0.423. The average molecular weight is 476 g/mol. The Hall–Kier alpha value is -3.43. The van der Waals surface area contributed by atoms with E-state index in [-0.39, 0.29) is 29.7 Å². The van der Waals surface area contributed by atoms with Crippen molar-refractivity contribution in [3.63, 3.8) is 0 Å². The highest BCUT2D eigenvalue weighted by Crippen LogP contribution is 2.44. The maximum absolute atomic E-state index is 12.6. The Morgan fingerprint density at radius 3 is 2.57 bits per heavy atom. The number of fused-ring (bicyclic) bond motifs is 3. The van der Waals surface area contributed by atoms with E-state index in [1.54, 1.807) is 12.1 Å². The molecule has 1 unspecified atom stereocenters. The van der Waals surface area contributed by atoms with Crippen LogP contribution in [0.15, 0.2) is 43.0 Å². The number of piperidine rings is 1. The normalized spacial score (nSPS) is 24.5. The molecule has 0 radical (unpaired) electrons. The van der Waals surface area contributed by atoms with Gasteiger partial charge in [0.05, 0.1) is 49.9 Å². The molecular formula is C26H29N5O4. The van der Waals surface area contributed by atoms with Gasteiger partial charge < -0.3 is 29.4 Å². The lowest BCUT2D eigenvalue weighted by Gasteiger charge is -2.48. The van der Waals surface area contributed by atoms with Gasteiger partial charge in [0.2, 0.25) is 5.91 Å². The highest BCUT2D eigenvalue weighted by Gasteiger charge is 2.43. The van der Waals surface area contributed by atoms with Crippen molar-refractivity contribution < 1.29 is 19.4 Å². The number of nitrogens with one attached hydrogen (secondary N) is 1. The molecule has 3 aliphatic heterocycles. The summed E-state index contributed by atoms with van der Waals surface area (Å²) in [6.45, 7) is 7.69. The molecule has 5 heterocycles. The van der Waals surface area contributed by atoms with Crippen LogP contribution < -0.4 is 4.90 Å². The van der Waals surface area contributed by atoms with E-state index in [1.807, 2.05) is 23.1 Å². The molecule has 2 bridgehead atoms. The fourth-order valence-corrected chi connectivity index (χ4v) is 5.86. The first-order valence-corrected chi connectivity index (χ1v) is 12.2. The van der Waals surface area contributed by atoms with E-state index in [0.717, 1.165) is 48.3 Å². The highest BCUT2D eigenvalue weighted by molar-refractivity contribution is 5.95. The van der Waals surface area contributed by atoms with E-state index in [2.05, 4.69) is 26.7 Å². The summed E-state index contributed by atoms with van der Waals surface area (Å²) in [7, 11) is 0. The van der Waals surface area contributed by atoms with Crippen LogP contribution in [0.4, 0.5) is 5.69 Å². The van der Waals surface area contributed by atoms with Crippen molar-refractivity contribution in [3.05, 3.63) is 48.7 Å². The molecule has 1 aromatic carbocycles. The third-order valence-electron chi connectivity index (χ3n) is 7.42. The molecule has 2 N–H and O–H groups in total. The summed E-state index contributed by atoms with van der Waals surface area (Å²) in [5, 5.41) is 20.3. The summed E-state index contributed by atoms with van der Waals surface area (Å²) in [6.07, 6.45) is 3.02. The number of carbonyl (C=O) groups excluding carboxylic acids is 1. The first kappa shape index (κ1) is 22.1. The highest BCUT2D eigenvalue weighted by atomic mass is 16.5. The van der Waals surface area contributed by atoms with Crippen molar-refractivity contribution in [1.29, 1.82) is 0 Å². The summed E-state index contributed by atoms with van der Waals surface area (Å²) < 4.78 is 11.5. The third-order valence-corrected chi connectivity index (χ3v) is 7.42. The van der Waals surface area contributed by atoms with Gasteiger partial charge in [-0.1, -0.05) is 18.7 Å². The van der Waals surface area contributed by atoms with Gasteiger partial charge in [-0.15, -0.1) is 10.2 Å². The molecule has 9 heteroatoms. The Morgan fingerprint density at radius 1 is 1.11 bits per heavy atom. The van der Waals surface area contributed by atoms with Crippen molar-refractivity contribution in [1.82, 2.24) is 20.1 Å². The Bertz CT molecular complexity index is 1250. The van der Waals surface area contributed by atoms with Gasteiger partial charge in [-0.25, -0.2) is 0 Å². The van der Waals surface area contributed by atoms with E-state index in [9.17, 15) is 9.90 Å². The van der Waals surface area contributed by atoms with E-state index in [0.29, 0.717) is 37.7 Å². The zero-order chi connectivity index (χ0) is 23.9. The second-order valence-corrected chi connectivity index (χ2v) is 9.46. The van der Waals surface area contributed by atoms with Gasteiger partial charge in [0.15, 0.2) is 5.65 Å². The number of phenolic OH excluding ortho intramolecular Hbond substituents is 1. The molecule has 3 aromatic rings. The van der Waals surface area contributed by atoms with Crippen LogP contribution in [0.3, 0.4) is 0 Å². The topological polar surface area (TPSA) is 104 Å². The predicted molar refractivity (Wildman–Crippen MR) is 131 cm³/mol. The van der Waals surface area contributed by atoms with E-state index in [4.69, 9.17) is 9.47 Å². The molecule has 3 saturated heterocycles. The smallest absolute Gasteiger partial charge is 0.246 e. The molecule has 0 saturated carbocycles. The van der Waals surface area contributed by atoms with Gasteiger partial charge >= 0.3 is 0 Å². The molecule has 1 amide bonds. The molecule has 3 aliphatic rings. The number of ether oxygens (including phenoxy) is 2. The minimum absolute atomic E-state index is 0.0184. The SMILES string of the molecule is C=CC(=O)N1[C@@H]2COC[C@H]1CC(c1[nH]c3nnc(-c4ccccc4O)cc3c1N1CCOCC1)C2. The zero-order valence-corrected chi connectivity index (χ0v) is 19.5. The molecule has 3 fully saturated rings. The molecule has 0 spiro atoms. The summed E-state index contributed by atoms with van der Waals surface area (Å²) in [6, 6.07) is 9.23. The van der Waals surface area contributed by atoms with Gasteiger partial charge in [0.25, 0.3) is 0 Å². The number of aromatic nitrogens is 3. The lowest BCUT2D eigenvalue weighted by molar-refractivity contribution is -0.146. The summed E-state index contributed by atoms with van der Waals surface area (Å²) in [4.78, 5) is 20.5. The number of benzene rings is 1. The summed E-state index contributed by atoms with van der Waals surface area (Å²) in [5.74, 6) is 0.380. The van der Waals surface area contributed by atoms with Gasteiger partial charge in [0, 0.05) is 35.7 Å². The minimum Gasteiger partial charge on any atom is -0.507 e. The predicted octanol–water partition coefficient (Wildman–Crippen LogP) is 2.83. The molecule has 182 valence electrons. The number of rotatable bonds is 4. The van der Waals surface area contributed by atoms with Crippen LogP contribution in [0.2, 0.25) is 0 Å². The second kappa shape index (κ2) is 8.98. The first-order chi connectivity index (χ1) is 17.1. The van der Waals surface area contributed by atoms with Crippen molar-refractivity contribution in [2.45, 2.75) is 30.8 Å². The number of nitrogens with zero attached hydrogens (tertiary/aromatic N) is 4. The van der Waals surface area contributed by atoms with Crippen molar-refractivity contribution in [2.75, 3.05) is 44.4 Å². The standard InChI is InChI=1S/C26H29N5O4/c1-2-23(33)31-17-11-16(12-18(31)15-35-14-17)24-25(30-7-9-34-10-8-30)20-13-21(28-29-26(20)27-24)19-5-3-4-6-22(19)32/h2-6,13,16-18,32H,1,7-12,14-15H2,(H,27,29)/t16?,17-,18+. The number of H-pyrrole nitrogens is 1.